The number of carbonyl (C=O) groups is 1. The van der Waals surface area contributed by atoms with Crippen LogP contribution >= 0.6 is 0 Å². The molecule has 0 aliphatic heterocycles. The normalized spacial score (nSPS) is 12.7. The highest BCUT2D eigenvalue weighted by Gasteiger charge is 2.10. The van der Waals surface area contributed by atoms with Crippen molar-refractivity contribution in [3.05, 3.63) is 81.4 Å². The van der Waals surface area contributed by atoms with Gasteiger partial charge in [-0.3, -0.25) is 14.0 Å². The third kappa shape index (κ3) is 6.04. The van der Waals surface area contributed by atoms with Gasteiger partial charge in [-0.2, -0.15) is 0 Å². The zero-order valence-corrected chi connectivity index (χ0v) is 18.9. The molecule has 0 saturated carbocycles. The summed E-state index contributed by atoms with van der Waals surface area (Å²) >= 11 is 0. The highest BCUT2D eigenvalue weighted by Crippen LogP contribution is 2.18. The van der Waals surface area contributed by atoms with Gasteiger partial charge in [-0.1, -0.05) is 50.1 Å². The summed E-state index contributed by atoms with van der Waals surface area (Å²) in [5.74, 6) is 0.255. The van der Waals surface area contributed by atoms with Crippen molar-refractivity contribution in [3.63, 3.8) is 0 Å². The third-order valence-corrected chi connectivity index (χ3v) is 5.40. The molecule has 168 valence electrons. The van der Waals surface area contributed by atoms with E-state index in [4.69, 9.17) is 5.73 Å². The number of benzene rings is 1. The average molecular weight is 434 g/mol. The molecule has 0 radical (unpaired) electrons. The number of pyridine rings is 1. The first-order valence-corrected chi connectivity index (χ1v) is 10.9. The van der Waals surface area contributed by atoms with Gasteiger partial charge in [0.2, 0.25) is 0 Å². The van der Waals surface area contributed by atoms with E-state index in [1.165, 1.54) is 16.0 Å². The number of rotatable bonds is 9. The van der Waals surface area contributed by atoms with Gasteiger partial charge in [0.15, 0.2) is 0 Å². The maximum absolute atomic E-state index is 12.5. The molecule has 3 aromatic rings. The number of nitrogen functional groups attached to an aromatic ring is 1. The quantitative estimate of drug-likeness (QED) is 0.450. The molecule has 0 spiro atoms. The summed E-state index contributed by atoms with van der Waals surface area (Å²) in [6.45, 7) is 8.61. The summed E-state index contributed by atoms with van der Waals surface area (Å²) in [6, 6.07) is 12.2. The molecule has 7 heteroatoms. The van der Waals surface area contributed by atoms with Crippen molar-refractivity contribution >= 4 is 23.3 Å². The molecule has 0 aliphatic carbocycles. The fourth-order valence-electron chi connectivity index (χ4n) is 3.29. The molecule has 7 nitrogen and oxygen atoms in total. The second-order valence-corrected chi connectivity index (χ2v) is 8.19. The standard InChI is InChI=1S/C25H31N5O2/c1-4-17(2)14-27-15-18(3)11-20-9-8-19(12-21(20)26)16-28-25(32)22-13-24(31)30-10-6-5-7-23(30)29-22/h5-13,17,27H,4,14-16,26H2,1-3H3,(H,28,32)/b18-11+. The summed E-state index contributed by atoms with van der Waals surface area (Å²) in [4.78, 5) is 29.0. The highest BCUT2D eigenvalue weighted by molar-refractivity contribution is 5.92. The summed E-state index contributed by atoms with van der Waals surface area (Å²) < 4.78 is 1.39. The fraction of sp³-hybridized carbons (Fsp3) is 0.320. The number of nitrogens with one attached hydrogen (secondary N) is 2. The van der Waals surface area contributed by atoms with Crippen molar-refractivity contribution in [3.8, 4) is 0 Å². The fourth-order valence-corrected chi connectivity index (χ4v) is 3.29. The van der Waals surface area contributed by atoms with E-state index in [1.807, 2.05) is 18.2 Å². The van der Waals surface area contributed by atoms with Crippen molar-refractivity contribution in [2.75, 3.05) is 18.8 Å². The Morgan fingerprint density at radius 2 is 2.06 bits per heavy atom. The van der Waals surface area contributed by atoms with Gasteiger partial charge in [0.25, 0.3) is 11.5 Å². The first-order valence-electron chi connectivity index (χ1n) is 10.9. The number of anilines is 1. The van der Waals surface area contributed by atoms with Gasteiger partial charge in [-0.05, 0) is 48.7 Å². The van der Waals surface area contributed by atoms with E-state index in [0.29, 0.717) is 17.3 Å². The second kappa shape index (κ2) is 10.7. The Balaban J connectivity index is 1.61. The van der Waals surface area contributed by atoms with E-state index < -0.39 is 5.91 Å². The van der Waals surface area contributed by atoms with Crippen LogP contribution in [0.4, 0.5) is 5.69 Å². The number of hydrogen-bond donors (Lipinski definition) is 3. The highest BCUT2D eigenvalue weighted by atomic mass is 16.2. The first kappa shape index (κ1) is 23.2. The SMILES string of the molecule is CCC(C)CNC/C(C)=C/c1ccc(CNC(=O)c2cc(=O)n3ccccc3n2)cc1N. The molecule has 3 rings (SSSR count). The van der Waals surface area contributed by atoms with Crippen molar-refractivity contribution < 1.29 is 4.79 Å². The number of nitrogens with zero attached hydrogens (tertiary/aromatic N) is 2. The van der Waals surface area contributed by atoms with Crippen LogP contribution in [0.3, 0.4) is 0 Å². The van der Waals surface area contributed by atoms with Crippen LogP contribution in [0.2, 0.25) is 0 Å². The van der Waals surface area contributed by atoms with Crippen molar-refractivity contribution in [2.24, 2.45) is 5.92 Å². The monoisotopic (exact) mass is 433 g/mol. The molecule has 1 atom stereocenters. The Morgan fingerprint density at radius 1 is 1.25 bits per heavy atom. The van der Waals surface area contributed by atoms with E-state index in [-0.39, 0.29) is 17.8 Å². The number of hydrogen-bond acceptors (Lipinski definition) is 5. The minimum atomic E-state index is -0.403. The molecule has 0 saturated heterocycles. The van der Waals surface area contributed by atoms with Gasteiger partial charge >= 0.3 is 0 Å². The number of fused-ring (bicyclic) bond motifs is 1. The smallest absolute Gasteiger partial charge is 0.270 e. The predicted molar refractivity (Wildman–Crippen MR) is 129 cm³/mol. The summed E-state index contributed by atoms with van der Waals surface area (Å²) in [7, 11) is 0. The number of amides is 1. The summed E-state index contributed by atoms with van der Waals surface area (Å²) in [6.07, 6.45) is 4.86. The molecule has 1 unspecified atom stereocenters. The molecule has 4 N–H and O–H groups in total. The Morgan fingerprint density at radius 3 is 2.81 bits per heavy atom. The number of aromatic nitrogens is 2. The van der Waals surface area contributed by atoms with Gasteiger partial charge in [-0.15, -0.1) is 0 Å². The van der Waals surface area contributed by atoms with Crippen LogP contribution in [-0.2, 0) is 6.54 Å². The number of nitrogens with two attached hydrogens (primary N) is 1. The Hall–Kier alpha value is -3.45. The molecular weight excluding hydrogens is 402 g/mol. The molecule has 0 bridgehead atoms. The van der Waals surface area contributed by atoms with Crippen LogP contribution in [0.5, 0.6) is 0 Å². The van der Waals surface area contributed by atoms with E-state index in [1.54, 1.807) is 24.4 Å². The van der Waals surface area contributed by atoms with Crippen LogP contribution in [-0.4, -0.2) is 28.4 Å². The maximum atomic E-state index is 12.5. The van der Waals surface area contributed by atoms with Crippen LogP contribution in [0.25, 0.3) is 11.7 Å². The second-order valence-electron chi connectivity index (χ2n) is 8.19. The Labute approximate surface area is 188 Å². The Bertz CT molecular complexity index is 1180. The zero-order chi connectivity index (χ0) is 23.1. The van der Waals surface area contributed by atoms with E-state index in [0.717, 1.165) is 30.6 Å². The van der Waals surface area contributed by atoms with Crippen molar-refractivity contribution in [1.82, 2.24) is 20.0 Å². The van der Waals surface area contributed by atoms with Gasteiger partial charge in [0, 0.05) is 31.0 Å². The summed E-state index contributed by atoms with van der Waals surface area (Å²) in [5, 5.41) is 6.27. The molecule has 0 fully saturated rings. The lowest BCUT2D eigenvalue weighted by Crippen LogP contribution is -2.27. The average Bonchev–Trinajstić information content (AvgIpc) is 2.78. The van der Waals surface area contributed by atoms with Gasteiger partial charge in [-0.25, -0.2) is 4.98 Å². The topological polar surface area (TPSA) is 102 Å². The number of carbonyl (C=O) groups excluding carboxylic acids is 1. The molecule has 1 aromatic carbocycles. The molecule has 2 aromatic heterocycles. The van der Waals surface area contributed by atoms with Crippen molar-refractivity contribution in [1.29, 1.82) is 0 Å². The van der Waals surface area contributed by atoms with Gasteiger partial charge in [0.05, 0.1) is 0 Å². The molecule has 0 aliphatic rings. The van der Waals surface area contributed by atoms with Crippen LogP contribution < -0.4 is 21.9 Å². The molecule has 1 amide bonds. The van der Waals surface area contributed by atoms with Crippen LogP contribution in [0, 0.1) is 5.92 Å². The van der Waals surface area contributed by atoms with E-state index >= 15 is 0 Å². The third-order valence-electron chi connectivity index (χ3n) is 5.40. The first-order chi connectivity index (χ1) is 15.4. The van der Waals surface area contributed by atoms with E-state index in [2.05, 4.69) is 42.5 Å². The molecule has 32 heavy (non-hydrogen) atoms. The molecule has 2 heterocycles. The maximum Gasteiger partial charge on any atom is 0.270 e. The lowest BCUT2D eigenvalue weighted by atomic mass is 10.1. The van der Waals surface area contributed by atoms with Crippen LogP contribution in [0.1, 0.15) is 48.8 Å². The largest absolute Gasteiger partial charge is 0.398 e. The van der Waals surface area contributed by atoms with Gasteiger partial charge < -0.3 is 16.4 Å². The lowest BCUT2D eigenvalue weighted by Gasteiger charge is -2.11. The lowest BCUT2D eigenvalue weighted by molar-refractivity contribution is 0.0946. The van der Waals surface area contributed by atoms with Crippen molar-refractivity contribution in [2.45, 2.75) is 33.7 Å². The summed E-state index contributed by atoms with van der Waals surface area (Å²) in [5.41, 5.74) is 10.1. The predicted octanol–water partition coefficient (Wildman–Crippen LogP) is 3.25. The Kier molecular flexibility index (Phi) is 7.78. The van der Waals surface area contributed by atoms with E-state index in [9.17, 15) is 9.59 Å². The minimum Gasteiger partial charge on any atom is -0.398 e. The zero-order valence-electron chi connectivity index (χ0n) is 18.9. The minimum absolute atomic E-state index is 0.0919. The molecular formula is C25H31N5O2. The van der Waals surface area contributed by atoms with Gasteiger partial charge in [0.1, 0.15) is 11.3 Å². The van der Waals surface area contributed by atoms with Crippen LogP contribution in [0.15, 0.2) is 59.0 Å².